The monoisotopic (exact) mass is 388 g/mol. The third-order valence-electron chi connectivity index (χ3n) is 4.42. The van der Waals surface area contributed by atoms with Gasteiger partial charge >= 0.3 is 0 Å². The lowest BCUT2D eigenvalue weighted by Crippen LogP contribution is -2.41. The fourth-order valence-corrected chi connectivity index (χ4v) is 2.95. The maximum atomic E-state index is 12.4. The molecule has 3 rings (SSSR count). The van der Waals surface area contributed by atoms with Crippen molar-refractivity contribution in [2.45, 2.75) is 25.4 Å². The van der Waals surface area contributed by atoms with E-state index in [1.807, 2.05) is 24.3 Å². The number of hydrazone groups is 1. The lowest BCUT2D eigenvalue weighted by atomic mass is 10.0. The second-order valence-electron chi connectivity index (χ2n) is 6.24. The van der Waals surface area contributed by atoms with Crippen molar-refractivity contribution in [2.75, 3.05) is 7.11 Å². The largest absolute Gasteiger partial charge is 0.504 e. The summed E-state index contributed by atoms with van der Waals surface area (Å²) in [5.74, 6) is 0.164. The van der Waals surface area contributed by atoms with Crippen LogP contribution >= 0.6 is 11.6 Å². The molecule has 2 atom stereocenters. The Morgan fingerprint density at radius 2 is 2.00 bits per heavy atom. The summed E-state index contributed by atoms with van der Waals surface area (Å²) in [6, 6.07) is 12.0. The van der Waals surface area contributed by atoms with Gasteiger partial charge in [-0.05, 0) is 49.2 Å². The second kappa shape index (κ2) is 8.39. The number of hydrogen-bond donors (Lipinski definition) is 4. The number of nitrogens with one attached hydrogen (secondary N) is 3. The molecule has 1 heterocycles. The standard InChI is InChI=1S/C19H21ClN4O3/c1-11(13-5-8-17(25)18(9-13)27-2)21-24-19(26)16-10-15(22-23-16)12-3-6-14(20)7-4-12/h3-9,15-16,22-23,25H,10H2,1-2H3,(H,24,26)/b21-11+. The predicted octanol–water partition coefficient (Wildman–Crippen LogP) is 2.50. The lowest BCUT2D eigenvalue weighted by molar-refractivity contribution is -0.122. The highest BCUT2D eigenvalue weighted by Crippen LogP contribution is 2.26. The number of amides is 1. The van der Waals surface area contributed by atoms with Gasteiger partial charge in [0.15, 0.2) is 11.5 Å². The highest BCUT2D eigenvalue weighted by molar-refractivity contribution is 6.30. The Morgan fingerprint density at radius 3 is 2.70 bits per heavy atom. The van der Waals surface area contributed by atoms with Gasteiger partial charge < -0.3 is 9.84 Å². The summed E-state index contributed by atoms with van der Waals surface area (Å²) in [5.41, 5.74) is 11.1. The summed E-state index contributed by atoms with van der Waals surface area (Å²) in [4.78, 5) is 12.4. The van der Waals surface area contributed by atoms with Crippen LogP contribution < -0.4 is 21.0 Å². The number of carbonyl (C=O) groups excluding carboxylic acids is 1. The van der Waals surface area contributed by atoms with Gasteiger partial charge in [0.2, 0.25) is 0 Å². The highest BCUT2D eigenvalue weighted by atomic mass is 35.5. The Bertz CT molecular complexity index is 855. The number of benzene rings is 2. The van der Waals surface area contributed by atoms with Crippen molar-refractivity contribution in [3.8, 4) is 11.5 Å². The Kier molecular flexibility index (Phi) is 5.95. The summed E-state index contributed by atoms with van der Waals surface area (Å²) in [6.07, 6.45) is 0.592. The molecule has 0 radical (unpaired) electrons. The number of phenolic OH excluding ortho intramolecular Hbond substituents is 1. The van der Waals surface area contributed by atoms with Crippen LogP contribution in [-0.4, -0.2) is 29.9 Å². The van der Waals surface area contributed by atoms with Crippen LogP contribution in [0.5, 0.6) is 11.5 Å². The number of hydrogen-bond acceptors (Lipinski definition) is 6. The van der Waals surface area contributed by atoms with E-state index in [0.29, 0.717) is 22.9 Å². The smallest absolute Gasteiger partial charge is 0.258 e. The Morgan fingerprint density at radius 1 is 1.26 bits per heavy atom. The molecule has 8 heteroatoms. The van der Waals surface area contributed by atoms with Gasteiger partial charge in [-0.15, -0.1) is 0 Å². The fourth-order valence-electron chi connectivity index (χ4n) is 2.83. The van der Waals surface area contributed by atoms with E-state index in [1.165, 1.54) is 13.2 Å². The van der Waals surface area contributed by atoms with Crippen LogP contribution in [0.4, 0.5) is 0 Å². The van der Waals surface area contributed by atoms with Crippen molar-refractivity contribution in [1.29, 1.82) is 0 Å². The quantitative estimate of drug-likeness (QED) is 0.466. The van der Waals surface area contributed by atoms with Crippen LogP contribution in [0, 0.1) is 0 Å². The minimum Gasteiger partial charge on any atom is -0.504 e. The zero-order chi connectivity index (χ0) is 19.4. The molecule has 2 unspecified atom stereocenters. The summed E-state index contributed by atoms with van der Waals surface area (Å²) >= 11 is 5.91. The molecule has 1 saturated heterocycles. The molecule has 1 fully saturated rings. The molecule has 0 spiro atoms. The molecule has 0 aromatic heterocycles. The molecular weight excluding hydrogens is 368 g/mol. The number of halogens is 1. The zero-order valence-electron chi connectivity index (χ0n) is 15.0. The maximum absolute atomic E-state index is 12.4. The van der Waals surface area contributed by atoms with Crippen LogP contribution in [-0.2, 0) is 4.79 Å². The number of aromatic hydroxyl groups is 1. The van der Waals surface area contributed by atoms with E-state index in [0.717, 1.165) is 11.1 Å². The molecule has 27 heavy (non-hydrogen) atoms. The number of methoxy groups -OCH3 is 1. The van der Waals surface area contributed by atoms with Crippen LogP contribution in [0.25, 0.3) is 0 Å². The van der Waals surface area contributed by atoms with Crippen molar-refractivity contribution in [1.82, 2.24) is 16.3 Å². The van der Waals surface area contributed by atoms with E-state index in [1.54, 1.807) is 19.1 Å². The van der Waals surface area contributed by atoms with E-state index in [4.69, 9.17) is 16.3 Å². The Hall–Kier alpha value is -2.61. The number of nitrogens with zero attached hydrogens (tertiary/aromatic N) is 1. The molecule has 1 aliphatic rings. The lowest BCUT2D eigenvalue weighted by Gasteiger charge is -2.10. The molecule has 2 aromatic carbocycles. The molecule has 2 aromatic rings. The normalized spacial score (nSPS) is 19.7. The topological polar surface area (TPSA) is 95.0 Å². The number of ether oxygens (including phenoxy) is 1. The first kappa shape index (κ1) is 19.2. The van der Waals surface area contributed by atoms with E-state index in [2.05, 4.69) is 21.4 Å². The van der Waals surface area contributed by atoms with Crippen LogP contribution in [0.2, 0.25) is 5.02 Å². The van der Waals surface area contributed by atoms with E-state index in [9.17, 15) is 9.90 Å². The third-order valence-corrected chi connectivity index (χ3v) is 4.68. The van der Waals surface area contributed by atoms with E-state index in [-0.39, 0.29) is 17.7 Å². The molecule has 1 amide bonds. The van der Waals surface area contributed by atoms with E-state index >= 15 is 0 Å². The van der Waals surface area contributed by atoms with Gasteiger partial charge in [-0.25, -0.2) is 16.3 Å². The van der Waals surface area contributed by atoms with Crippen molar-refractivity contribution >= 4 is 23.2 Å². The maximum Gasteiger partial charge on any atom is 0.258 e. The molecule has 0 saturated carbocycles. The zero-order valence-corrected chi connectivity index (χ0v) is 15.7. The van der Waals surface area contributed by atoms with Crippen LogP contribution in [0.3, 0.4) is 0 Å². The van der Waals surface area contributed by atoms with Crippen molar-refractivity contribution in [2.24, 2.45) is 5.10 Å². The molecule has 0 aliphatic carbocycles. The average Bonchev–Trinajstić information content (AvgIpc) is 3.17. The van der Waals surface area contributed by atoms with Crippen LogP contribution in [0.15, 0.2) is 47.6 Å². The summed E-state index contributed by atoms with van der Waals surface area (Å²) in [6.45, 7) is 1.77. The van der Waals surface area contributed by atoms with Crippen molar-refractivity contribution in [3.05, 3.63) is 58.6 Å². The van der Waals surface area contributed by atoms with Gasteiger partial charge in [-0.1, -0.05) is 23.7 Å². The van der Waals surface area contributed by atoms with Crippen LogP contribution in [0.1, 0.15) is 30.5 Å². The minimum absolute atomic E-state index is 0.0180. The second-order valence-corrected chi connectivity index (χ2v) is 6.68. The van der Waals surface area contributed by atoms with Crippen molar-refractivity contribution < 1.29 is 14.6 Å². The molecule has 7 nitrogen and oxygen atoms in total. The van der Waals surface area contributed by atoms with Crippen molar-refractivity contribution in [3.63, 3.8) is 0 Å². The minimum atomic E-state index is -0.406. The number of rotatable bonds is 5. The SMILES string of the molecule is COc1cc(/C(C)=N/NC(=O)C2CC(c3ccc(Cl)cc3)NN2)ccc1O. The number of hydrazine groups is 1. The van der Waals surface area contributed by atoms with Gasteiger partial charge in [0.25, 0.3) is 5.91 Å². The molecule has 4 N–H and O–H groups in total. The van der Waals surface area contributed by atoms with Gasteiger partial charge in [-0.2, -0.15) is 5.10 Å². The first-order valence-corrected chi connectivity index (χ1v) is 8.83. The Balaban J connectivity index is 1.60. The van der Waals surface area contributed by atoms with E-state index < -0.39 is 6.04 Å². The summed E-state index contributed by atoms with van der Waals surface area (Å²) in [7, 11) is 1.48. The predicted molar refractivity (Wildman–Crippen MR) is 104 cm³/mol. The molecular formula is C19H21ClN4O3. The highest BCUT2D eigenvalue weighted by Gasteiger charge is 2.30. The first-order valence-electron chi connectivity index (χ1n) is 8.46. The summed E-state index contributed by atoms with van der Waals surface area (Å²) in [5, 5.41) is 14.5. The molecule has 0 bridgehead atoms. The molecule has 142 valence electrons. The molecule has 1 aliphatic heterocycles. The number of carbonyl (C=O) groups is 1. The first-order chi connectivity index (χ1) is 13.0. The van der Waals surface area contributed by atoms with Gasteiger partial charge in [0.1, 0.15) is 6.04 Å². The van der Waals surface area contributed by atoms with Gasteiger partial charge in [0.05, 0.1) is 12.8 Å². The van der Waals surface area contributed by atoms with Gasteiger partial charge in [0, 0.05) is 16.6 Å². The average molecular weight is 389 g/mol. The van der Waals surface area contributed by atoms with Gasteiger partial charge in [-0.3, -0.25) is 4.79 Å². The Labute approximate surface area is 162 Å². The third kappa shape index (κ3) is 4.57. The number of phenols is 1. The fraction of sp³-hybridized carbons (Fsp3) is 0.263. The summed E-state index contributed by atoms with van der Waals surface area (Å²) < 4.78 is 5.08.